The average Bonchev–Trinajstić information content (AvgIpc) is 3.89. The lowest BCUT2D eigenvalue weighted by molar-refractivity contribution is 0.523. The molecule has 11 rings (SSSR count). The number of rotatable bonds is 6. The van der Waals surface area contributed by atoms with Crippen molar-refractivity contribution in [2.24, 2.45) is 0 Å². The quantitative estimate of drug-likeness (QED) is 0.169. The molecule has 0 bridgehead atoms. The highest BCUT2D eigenvalue weighted by Crippen LogP contribution is 2.39. The first-order chi connectivity index (χ1) is 28.6. The summed E-state index contributed by atoms with van der Waals surface area (Å²) in [5, 5.41) is 7.26. The first-order valence-electron chi connectivity index (χ1n) is 20.5. The van der Waals surface area contributed by atoms with Gasteiger partial charge in [-0.1, -0.05) is 138 Å². The lowest BCUT2D eigenvalue weighted by Crippen LogP contribution is -2.21. The highest BCUT2D eigenvalue weighted by atomic mass is 15.3. The summed E-state index contributed by atoms with van der Waals surface area (Å²) in [5.74, 6) is 1.97. The molecule has 0 aliphatic rings. The predicted octanol–water partition coefficient (Wildman–Crippen LogP) is 13.0. The normalized spacial score (nSPS) is 12.6. The second kappa shape index (κ2) is 13.0. The summed E-state index contributed by atoms with van der Waals surface area (Å²) in [6.07, 6.45) is 0.878. The van der Waals surface area contributed by atoms with E-state index in [1.54, 1.807) is 0 Å². The molecule has 59 heavy (non-hydrogen) atoms. The molecular formula is C53H44N6. The fourth-order valence-corrected chi connectivity index (χ4v) is 9.23. The molecular weight excluding hydrogens is 721 g/mol. The molecule has 0 aliphatic heterocycles. The van der Waals surface area contributed by atoms with Crippen LogP contribution in [0.25, 0.3) is 83.0 Å². The predicted molar refractivity (Wildman–Crippen MR) is 245 cm³/mol. The zero-order valence-corrected chi connectivity index (χ0v) is 34.0. The van der Waals surface area contributed by atoms with E-state index in [9.17, 15) is 0 Å². The van der Waals surface area contributed by atoms with Crippen molar-refractivity contribution in [3.8, 4) is 17.6 Å². The summed E-state index contributed by atoms with van der Waals surface area (Å²) in [7, 11) is 0. The maximum absolute atomic E-state index is 5.32. The van der Waals surface area contributed by atoms with Crippen LogP contribution in [0.3, 0.4) is 0 Å². The van der Waals surface area contributed by atoms with Crippen LogP contribution in [0.1, 0.15) is 51.6 Å². The van der Waals surface area contributed by atoms with Gasteiger partial charge in [0.1, 0.15) is 5.82 Å². The minimum atomic E-state index is -0.317. The lowest BCUT2D eigenvalue weighted by atomic mass is 9.78. The molecule has 0 radical (unpaired) electrons. The van der Waals surface area contributed by atoms with Crippen molar-refractivity contribution >= 4 is 65.4 Å². The zero-order chi connectivity index (χ0) is 40.0. The zero-order valence-electron chi connectivity index (χ0n) is 34.0. The van der Waals surface area contributed by atoms with Crippen LogP contribution in [-0.4, -0.2) is 28.7 Å². The van der Waals surface area contributed by atoms with Crippen molar-refractivity contribution in [1.82, 2.24) is 28.7 Å². The van der Waals surface area contributed by atoms with Crippen molar-refractivity contribution in [2.45, 2.75) is 51.9 Å². The first kappa shape index (κ1) is 35.1. The highest BCUT2D eigenvalue weighted by Gasteiger charge is 2.27. The summed E-state index contributed by atoms with van der Waals surface area (Å²) in [6.45, 7) is 11.2. The van der Waals surface area contributed by atoms with Gasteiger partial charge in [-0.3, -0.25) is 9.13 Å². The van der Waals surface area contributed by atoms with Gasteiger partial charge in [-0.2, -0.15) is 15.0 Å². The number of hydrogen-bond acceptors (Lipinski definition) is 3. The molecule has 0 spiro atoms. The number of fused-ring (bicyclic) bond motifs is 9. The molecule has 0 saturated carbocycles. The summed E-state index contributed by atoms with van der Waals surface area (Å²) in [4.78, 5) is 15.7. The van der Waals surface area contributed by atoms with Crippen LogP contribution >= 0.6 is 0 Å². The monoisotopic (exact) mass is 764 g/mol. The summed E-state index contributed by atoms with van der Waals surface area (Å²) >= 11 is 0. The van der Waals surface area contributed by atoms with Crippen molar-refractivity contribution in [2.75, 3.05) is 0 Å². The van der Waals surface area contributed by atoms with Crippen LogP contribution in [0.15, 0.2) is 164 Å². The molecule has 286 valence electrons. The Balaban J connectivity index is 1.04. The molecule has 0 fully saturated rings. The number of nitrogens with zero attached hydrogens (tertiary/aromatic N) is 6. The van der Waals surface area contributed by atoms with Gasteiger partial charge in [0.15, 0.2) is 0 Å². The average molecular weight is 765 g/mol. The number of aromatic nitrogens is 6. The van der Waals surface area contributed by atoms with E-state index < -0.39 is 0 Å². The molecule has 11 aromatic rings. The topological polar surface area (TPSA) is 53.5 Å². The Labute approximate surface area is 343 Å². The van der Waals surface area contributed by atoms with E-state index >= 15 is 0 Å². The minimum absolute atomic E-state index is 0.136. The molecule has 0 saturated heterocycles. The number of benzene rings is 7. The highest BCUT2D eigenvalue weighted by molar-refractivity contribution is 6.11. The van der Waals surface area contributed by atoms with Gasteiger partial charge in [0.25, 0.3) is 0 Å². The van der Waals surface area contributed by atoms with Crippen LogP contribution in [0.2, 0.25) is 0 Å². The van der Waals surface area contributed by atoms with E-state index in [1.807, 2.05) is 0 Å². The van der Waals surface area contributed by atoms with Crippen LogP contribution in [0.4, 0.5) is 0 Å². The third-order valence-electron chi connectivity index (χ3n) is 12.1. The molecule has 0 unspecified atom stereocenters. The summed E-state index contributed by atoms with van der Waals surface area (Å²) in [6, 6.07) is 59.1. The Bertz CT molecular complexity index is 3380. The van der Waals surface area contributed by atoms with Crippen LogP contribution in [0, 0.1) is 0 Å². The molecule has 0 aliphatic carbocycles. The lowest BCUT2D eigenvalue weighted by Gasteiger charge is -2.26. The smallest absolute Gasteiger partial charge is 0.239 e. The van der Waals surface area contributed by atoms with Crippen molar-refractivity contribution in [3.05, 3.63) is 181 Å². The number of hydrogen-bond donors (Lipinski definition) is 0. The molecule has 0 atom stereocenters. The largest absolute Gasteiger partial charge is 0.309 e. The molecule has 6 heteroatoms. The Morgan fingerprint density at radius 1 is 0.390 bits per heavy atom. The van der Waals surface area contributed by atoms with E-state index in [-0.39, 0.29) is 10.8 Å². The van der Waals surface area contributed by atoms with Crippen LogP contribution in [0.5, 0.6) is 0 Å². The fraction of sp³-hybridized carbons (Fsp3) is 0.151. The molecule has 7 aromatic carbocycles. The maximum Gasteiger partial charge on any atom is 0.239 e. The minimum Gasteiger partial charge on any atom is -0.309 e. The van der Waals surface area contributed by atoms with Gasteiger partial charge in [-0.05, 0) is 83.6 Å². The Morgan fingerprint density at radius 2 is 0.814 bits per heavy atom. The van der Waals surface area contributed by atoms with Gasteiger partial charge in [-0.25, -0.2) is 0 Å². The van der Waals surface area contributed by atoms with Crippen LogP contribution in [-0.2, 0) is 17.3 Å². The van der Waals surface area contributed by atoms with Crippen molar-refractivity contribution in [1.29, 1.82) is 0 Å². The second-order valence-corrected chi connectivity index (χ2v) is 17.6. The molecule has 0 N–H and O–H groups in total. The molecule has 4 heterocycles. The third kappa shape index (κ3) is 5.58. The van der Waals surface area contributed by atoms with Crippen molar-refractivity contribution in [3.63, 3.8) is 0 Å². The summed E-state index contributed by atoms with van der Waals surface area (Å²) in [5.41, 5.74) is 10.1. The van der Waals surface area contributed by atoms with E-state index in [0.717, 1.165) is 34.3 Å². The maximum atomic E-state index is 5.32. The second-order valence-electron chi connectivity index (χ2n) is 17.6. The van der Waals surface area contributed by atoms with E-state index in [0.29, 0.717) is 11.9 Å². The van der Waals surface area contributed by atoms with Gasteiger partial charge in [0.05, 0.1) is 33.1 Å². The van der Waals surface area contributed by atoms with Gasteiger partial charge < -0.3 is 4.57 Å². The van der Waals surface area contributed by atoms with E-state index in [4.69, 9.17) is 15.0 Å². The summed E-state index contributed by atoms with van der Waals surface area (Å²) < 4.78 is 6.80. The first-order valence-corrected chi connectivity index (χ1v) is 20.5. The van der Waals surface area contributed by atoms with E-state index in [2.05, 4.69) is 212 Å². The standard InChI is InChI=1S/C53H44N6/c1-52(2,3)49-54-50(58-44-24-14-9-19-37(44)38-20-10-15-25-45(38)58)56-51(55-49)59-46-26-16-12-21-39(46)41-31-34(27-29-48(41)59)33-53(4,5)35-28-30-47-42(32-35)40-22-11-13-23-43(40)57(47)36-17-7-6-8-18-36/h6-32H,33H2,1-5H3. The Morgan fingerprint density at radius 3 is 1.36 bits per heavy atom. The SMILES string of the molecule is CC(C)(C)c1nc(-n2c3ccccc3c3ccccc32)nc(-n2c3ccccc3c3cc(CC(C)(C)c4ccc5c(c4)c4ccccc4n5-c4ccccc4)ccc32)n1. The molecule has 0 amide bonds. The van der Waals surface area contributed by atoms with Gasteiger partial charge >= 0.3 is 0 Å². The fourth-order valence-electron chi connectivity index (χ4n) is 9.23. The molecule has 6 nitrogen and oxygen atoms in total. The molecule has 4 aromatic heterocycles. The van der Waals surface area contributed by atoms with Gasteiger partial charge in [-0.15, -0.1) is 0 Å². The van der Waals surface area contributed by atoms with Crippen molar-refractivity contribution < 1.29 is 0 Å². The number of para-hydroxylation sites is 5. The Hall–Kier alpha value is -7.05. The third-order valence-corrected chi connectivity index (χ3v) is 12.1. The van der Waals surface area contributed by atoms with E-state index in [1.165, 1.54) is 60.2 Å². The van der Waals surface area contributed by atoms with Gasteiger partial charge in [0, 0.05) is 43.4 Å². The Kier molecular flexibility index (Phi) is 7.73. The van der Waals surface area contributed by atoms with Crippen LogP contribution < -0.4 is 0 Å². The van der Waals surface area contributed by atoms with Gasteiger partial charge in [0.2, 0.25) is 11.9 Å².